The molecule has 2 saturated heterocycles. The van der Waals surface area contributed by atoms with Crippen molar-refractivity contribution >= 4 is 17.4 Å². The van der Waals surface area contributed by atoms with Crippen LogP contribution in [0.15, 0.2) is 12.1 Å². The van der Waals surface area contributed by atoms with E-state index in [-0.39, 0.29) is 0 Å². The van der Waals surface area contributed by atoms with Gasteiger partial charge in [-0.05, 0) is 38.4 Å². The van der Waals surface area contributed by atoms with Gasteiger partial charge < -0.3 is 4.90 Å². The monoisotopic (exact) mass is 276 g/mol. The minimum atomic E-state index is 0.398. The largest absolute Gasteiger partial charge is 0.351 e. The number of piperazine rings is 1. The zero-order valence-electron chi connectivity index (χ0n) is 11.0. The molecule has 2 fully saturated rings. The molecule has 2 atom stereocenters. The van der Waals surface area contributed by atoms with Crippen molar-refractivity contribution in [2.24, 2.45) is 0 Å². The van der Waals surface area contributed by atoms with Crippen LogP contribution in [0.3, 0.4) is 0 Å². The minimum Gasteiger partial charge on any atom is -0.351 e. The van der Waals surface area contributed by atoms with Crippen LogP contribution >= 0.6 is 11.6 Å². The van der Waals surface area contributed by atoms with Crippen LogP contribution in [0, 0.1) is 11.3 Å². The van der Waals surface area contributed by atoms with E-state index in [0.717, 1.165) is 18.9 Å². The van der Waals surface area contributed by atoms with Gasteiger partial charge in [-0.25, -0.2) is 4.98 Å². The summed E-state index contributed by atoms with van der Waals surface area (Å²) in [6.07, 6.45) is 2.55. The first-order valence-electron chi connectivity index (χ1n) is 6.76. The van der Waals surface area contributed by atoms with Gasteiger partial charge in [-0.15, -0.1) is 0 Å². The van der Waals surface area contributed by atoms with Crippen molar-refractivity contribution < 1.29 is 0 Å². The molecular formula is C14H17ClN4. The molecule has 2 aliphatic rings. The third kappa shape index (κ3) is 2.41. The molecule has 0 saturated carbocycles. The molecule has 19 heavy (non-hydrogen) atoms. The summed E-state index contributed by atoms with van der Waals surface area (Å²) in [6, 6.07) is 6.64. The van der Waals surface area contributed by atoms with Crippen molar-refractivity contribution in [2.45, 2.75) is 31.8 Å². The number of anilines is 1. The van der Waals surface area contributed by atoms with Crippen molar-refractivity contribution in [2.75, 3.05) is 24.5 Å². The molecule has 100 valence electrons. The van der Waals surface area contributed by atoms with E-state index in [2.05, 4.69) is 27.8 Å². The number of nitrogens with zero attached hydrogens (tertiary/aromatic N) is 4. The smallest absolute Gasteiger partial charge is 0.132 e. The maximum atomic E-state index is 9.04. The number of halogens is 1. The summed E-state index contributed by atoms with van der Waals surface area (Å²) in [4.78, 5) is 9.25. The van der Waals surface area contributed by atoms with Gasteiger partial charge in [0.1, 0.15) is 11.0 Å². The molecule has 0 aromatic carbocycles. The lowest BCUT2D eigenvalue weighted by molar-refractivity contribution is 0.202. The lowest BCUT2D eigenvalue weighted by Gasteiger charge is -2.43. The zero-order valence-corrected chi connectivity index (χ0v) is 11.8. The third-order valence-electron chi connectivity index (χ3n) is 4.14. The number of rotatable bonds is 1. The fourth-order valence-electron chi connectivity index (χ4n) is 3.20. The molecule has 5 heteroatoms. The van der Waals surface area contributed by atoms with Gasteiger partial charge in [0.25, 0.3) is 0 Å². The Morgan fingerprint density at radius 2 is 2.26 bits per heavy atom. The predicted octanol–water partition coefficient (Wildman–Crippen LogP) is 2.28. The molecule has 0 N–H and O–H groups in total. The Morgan fingerprint density at radius 3 is 3.05 bits per heavy atom. The molecular weight excluding hydrogens is 260 g/mol. The van der Waals surface area contributed by atoms with E-state index in [1.54, 1.807) is 6.07 Å². The topological polar surface area (TPSA) is 43.2 Å². The van der Waals surface area contributed by atoms with Gasteiger partial charge in [0.15, 0.2) is 0 Å². The van der Waals surface area contributed by atoms with Gasteiger partial charge in [-0.2, -0.15) is 5.26 Å². The molecule has 0 radical (unpaired) electrons. The average molecular weight is 277 g/mol. The highest BCUT2D eigenvalue weighted by molar-refractivity contribution is 6.29. The molecule has 3 rings (SSSR count). The van der Waals surface area contributed by atoms with Crippen molar-refractivity contribution in [3.8, 4) is 6.07 Å². The standard InChI is InChI=1S/C14H17ClN4/c1-10-8-18-4-2-3-12(18)9-19(10)14-6-11(7-16)5-13(15)17-14/h5-6,10,12H,2-4,8-9H2,1H3. The van der Waals surface area contributed by atoms with Crippen molar-refractivity contribution in [1.82, 2.24) is 9.88 Å². The van der Waals surface area contributed by atoms with Crippen LogP contribution in [0.4, 0.5) is 5.82 Å². The second-order valence-electron chi connectivity index (χ2n) is 5.44. The van der Waals surface area contributed by atoms with Gasteiger partial charge in [0.05, 0.1) is 11.6 Å². The maximum absolute atomic E-state index is 9.04. The Labute approximate surface area is 118 Å². The van der Waals surface area contributed by atoms with Gasteiger partial charge in [0, 0.05) is 25.2 Å². The SMILES string of the molecule is CC1CN2CCCC2CN1c1cc(C#N)cc(Cl)n1. The molecule has 2 aliphatic heterocycles. The van der Waals surface area contributed by atoms with Crippen LogP contribution < -0.4 is 4.90 Å². The number of hydrogen-bond acceptors (Lipinski definition) is 4. The fraction of sp³-hybridized carbons (Fsp3) is 0.571. The van der Waals surface area contributed by atoms with Crippen LogP contribution in [0.1, 0.15) is 25.3 Å². The Morgan fingerprint density at radius 1 is 1.42 bits per heavy atom. The first-order valence-corrected chi connectivity index (χ1v) is 7.13. The molecule has 1 aromatic rings. The molecule has 4 nitrogen and oxygen atoms in total. The highest BCUT2D eigenvalue weighted by Crippen LogP contribution is 2.28. The number of aromatic nitrogens is 1. The van der Waals surface area contributed by atoms with E-state index in [0.29, 0.717) is 22.8 Å². The average Bonchev–Trinajstić information content (AvgIpc) is 2.84. The van der Waals surface area contributed by atoms with E-state index in [1.807, 2.05) is 6.07 Å². The van der Waals surface area contributed by atoms with E-state index in [1.165, 1.54) is 19.4 Å². The summed E-state index contributed by atoms with van der Waals surface area (Å²) >= 11 is 6.01. The molecule has 3 heterocycles. The molecule has 0 aliphatic carbocycles. The van der Waals surface area contributed by atoms with Crippen molar-refractivity contribution in [3.63, 3.8) is 0 Å². The number of pyridine rings is 1. The van der Waals surface area contributed by atoms with E-state index < -0.39 is 0 Å². The quantitative estimate of drug-likeness (QED) is 0.738. The molecule has 2 unspecified atom stereocenters. The molecule has 0 bridgehead atoms. The normalized spacial score (nSPS) is 27.1. The summed E-state index contributed by atoms with van der Waals surface area (Å²) in [7, 11) is 0. The maximum Gasteiger partial charge on any atom is 0.132 e. The fourth-order valence-corrected chi connectivity index (χ4v) is 3.41. The van der Waals surface area contributed by atoms with Gasteiger partial charge in [0.2, 0.25) is 0 Å². The Hall–Kier alpha value is -1.31. The molecule has 0 spiro atoms. The van der Waals surface area contributed by atoms with Crippen LogP contribution in [0.25, 0.3) is 0 Å². The molecule has 1 aromatic heterocycles. The summed E-state index contributed by atoms with van der Waals surface area (Å²) in [5, 5.41) is 9.44. The highest BCUT2D eigenvalue weighted by atomic mass is 35.5. The predicted molar refractivity (Wildman–Crippen MR) is 75.4 cm³/mol. The summed E-state index contributed by atoms with van der Waals surface area (Å²) < 4.78 is 0. The van der Waals surface area contributed by atoms with E-state index in [9.17, 15) is 0 Å². The Kier molecular flexibility index (Phi) is 3.34. The first-order chi connectivity index (χ1) is 9.17. The Balaban J connectivity index is 1.89. The second-order valence-corrected chi connectivity index (χ2v) is 5.83. The highest BCUT2D eigenvalue weighted by Gasteiger charge is 2.35. The molecule has 0 amide bonds. The number of hydrogen-bond donors (Lipinski definition) is 0. The van der Waals surface area contributed by atoms with Gasteiger partial charge in [-0.3, -0.25) is 4.90 Å². The Bertz CT molecular complexity index is 525. The lowest BCUT2D eigenvalue weighted by Crippen LogP contribution is -2.55. The van der Waals surface area contributed by atoms with Crippen LogP contribution in [-0.4, -0.2) is 41.6 Å². The number of fused-ring (bicyclic) bond motifs is 1. The lowest BCUT2D eigenvalue weighted by atomic mass is 10.1. The minimum absolute atomic E-state index is 0.398. The van der Waals surface area contributed by atoms with Crippen molar-refractivity contribution in [1.29, 1.82) is 5.26 Å². The van der Waals surface area contributed by atoms with E-state index >= 15 is 0 Å². The summed E-state index contributed by atoms with van der Waals surface area (Å²) in [5.41, 5.74) is 0.580. The van der Waals surface area contributed by atoms with Gasteiger partial charge in [-0.1, -0.05) is 11.6 Å². The zero-order chi connectivity index (χ0) is 13.4. The van der Waals surface area contributed by atoms with Crippen LogP contribution in [0.5, 0.6) is 0 Å². The van der Waals surface area contributed by atoms with Crippen molar-refractivity contribution in [3.05, 3.63) is 22.8 Å². The van der Waals surface area contributed by atoms with Crippen LogP contribution in [0.2, 0.25) is 5.15 Å². The van der Waals surface area contributed by atoms with E-state index in [4.69, 9.17) is 16.9 Å². The first kappa shape index (κ1) is 12.7. The van der Waals surface area contributed by atoms with Crippen LogP contribution in [-0.2, 0) is 0 Å². The second kappa shape index (κ2) is 4.99. The third-order valence-corrected chi connectivity index (χ3v) is 4.33. The summed E-state index contributed by atoms with van der Waals surface area (Å²) in [5.74, 6) is 0.836. The van der Waals surface area contributed by atoms with Gasteiger partial charge >= 0.3 is 0 Å². The summed E-state index contributed by atoms with van der Waals surface area (Å²) in [6.45, 7) is 5.48. The number of nitriles is 1.